The van der Waals surface area contributed by atoms with Gasteiger partial charge < -0.3 is 9.32 Å². The van der Waals surface area contributed by atoms with Crippen LogP contribution in [0.15, 0.2) is 58.0 Å². The molecule has 2 heterocycles. The maximum Gasteiger partial charge on any atom is 0.243 e. The van der Waals surface area contributed by atoms with Crippen LogP contribution in [0.1, 0.15) is 35.8 Å². The fourth-order valence-corrected chi connectivity index (χ4v) is 5.55. The Hall–Kier alpha value is -2.64. The van der Waals surface area contributed by atoms with E-state index in [1.54, 1.807) is 34.8 Å². The summed E-state index contributed by atoms with van der Waals surface area (Å²) in [5, 5.41) is 0. The first-order valence-corrected chi connectivity index (χ1v) is 12.2. The van der Waals surface area contributed by atoms with Crippen molar-refractivity contribution >= 4 is 15.7 Å². The Bertz CT molecular complexity index is 1190. The molecule has 6 nitrogen and oxygen atoms in total. The van der Waals surface area contributed by atoms with Crippen LogP contribution in [0.25, 0.3) is 11.3 Å². The van der Waals surface area contributed by atoms with E-state index in [0.717, 1.165) is 24.3 Å². The third-order valence-corrected chi connectivity index (χ3v) is 8.30. The number of oxazole rings is 1. The van der Waals surface area contributed by atoms with Crippen molar-refractivity contribution in [2.45, 2.75) is 37.5 Å². The zero-order valence-corrected chi connectivity index (χ0v) is 18.7. The van der Waals surface area contributed by atoms with Gasteiger partial charge in [-0.3, -0.25) is 0 Å². The molecule has 0 radical (unpaired) electrons. The molecule has 0 bridgehead atoms. The first kappa shape index (κ1) is 20.3. The van der Waals surface area contributed by atoms with Gasteiger partial charge in [0, 0.05) is 43.3 Å². The van der Waals surface area contributed by atoms with Crippen LogP contribution in [0, 0.1) is 13.8 Å². The van der Waals surface area contributed by atoms with Gasteiger partial charge in [0.2, 0.25) is 10.0 Å². The van der Waals surface area contributed by atoms with Gasteiger partial charge in [-0.05, 0) is 68.1 Å². The Balaban J connectivity index is 1.28. The van der Waals surface area contributed by atoms with Gasteiger partial charge in [0.05, 0.1) is 11.1 Å². The van der Waals surface area contributed by atoms with E-state index in [1.807, 2.05) is 0 Å². The van der Waals surface area contributed by atoms with Crippen LogP contribution in [0.2, 0.25) is 0 Å². The average molecular weight is 438 g/mol. The molecule has 162 valence electrons. The van der Waals surface area contributed by atoms with Gasteiger partial charge in [-0.1, -0.05) is 12.1 Å². The second-order valence-corrected chi connectivity index (χ2v) is 10.4. The number of nitrogens with zero attached hydrogens (tertiary/aromatic N) is 3. The van der Waals surface area contributed by atoms with Crippen molar-refractivity contribution in [2.75, 3.05) is 31.1 Å². The molecule has 31 heavy (non-hydrogen) atoms. The van der Waals surface area contributed by atoms with Crippen molar-refractivity contribution in [3.05, 3.63) is 65.7 Å². The predicted molar refractivity (Wildman–Crippen MR) is 121 cm³/mol. The quantitative estimate of drug-likeness (QED) is 0.594. The van der Waals surface area contributed by atoms with E-state index in [-0.39, 0.29) is 0 Å². The lowest BCUT2D eigenvalue weighted by Crippen LogP contribution is -2.48. The molecule has 1 aliphatic heterocycles. The SMILES string of the molecule is Cc1cccc(N2CCN(S(=O)(=O)c3ccc(-c4cnc(C5CC5)o4)cc3)CC2)c1C. The van der Waals surface area contributed by atoms with Crippen LogP contribution in [0.3, 0.4) is 0 Å². The Labute approximate surface area is 183 Å². The van der Waals surface area contributed by atoms with Gasteiger partial charge in [-0.2, -0.15) is 4.31 Å². The molecular weight excluding hydrogens is 410 g/mol. The zero-order chi connectivity index (χ0) is 21.6. The minimum Gasteiger partial charge on any atom is -0.440 e. The number of aromatic nitrogens is 1. The van der Waals surface area contributed by atoms with Crippen molar-refractivity contribution in [1.82, 2.24) is 9.29 Å². The Morgan fingerprint density at radius 2 is 1.68 bits per heavy atom. The van der Waals surface area contributed by atoms with Crippen LogP contribution in [-0.4, -0.2) is 43.9 Å². The van der Waals surface area contributed by atoms with Crippen molar-refractivity contribution in [3.63, 3.8) is 0 Å². The van der Waals surface area contributed by atoms with Crippen LogP contribution in [0.5, 0.6) is 0 Å². The molecule has 1 saturated heterocycles. The Morgan fingerprint density at radius 1 is 0.968 bits per heavy atom. The Morgan fingerprint density at radius 3 is 2.35 bits per heavy atom. The highest BCUT2D eigenvalue weighted by Crippen LogP contribution is 2.40. The number of hydrogen-bond donors (Lipinski definition) is 0. The number of aryl methyl sites for hydroxylation is 1. The van der Waals surface area contributed by atoms with Crippen molar-refractivity contribution in [3.8, 4) is 11.3 Å². The van der Waals surface area contributed by atoms with Crippen LogP contribution >= 0.6 is 0 Å². The van der Waals surface area contributed by atoms with Gasteiger partial charge in [0.25, 0.3) is 0 Å². The molecule has 3 aromatic rings. The monoisotopic (exact) mass is 437 g/mol. The lowest BCUT2D eigenvalue weighted by atomic mass is 10.1. The number of piperazine rings is 1. The van der Waals surface area contributed by atoms with E-state index < -0.39 is 10.0 Å². The van der Waals surface area contributed by atoms with E-state index in [2.05, 4.69) is 41.9 Å². The fraction of sp³-hybridized carbons (Fsp3) is 0.375. The maximum absolute atomic E-state index is 13.2. The Kier molecular flexibility index (Phi) is 5.10. The first-order valence-electron chi connectivity index (χ1n) is 10.8. The molecule has 0 amide bonds. The molecule has 0 N–H and O–H groups in total. The normalized spacial score (nSPS) is 17.8. The van der Waals surface area contributed by atoms with Crippen molar-refractivity contribution in [2.24, 2.45) is 0 Å². The largest absolute Gasteiger partial charge is 0.440 e. The minimum absolute atomic E-state index is 0.318. The molecule has 7 heteroatoms. The third-order valence-electron chi connectivity index (χ3n) is 6.38. The summed E-state index contributed by atoms with van der Waals surface area (Å²) in [6, 6.07) is 13.2. The van der Waals surface area contributed by atoms with E-state index in [4.69, 9.17) is 4.42 Å². The molecule has 0 spiro atoms. The third kappa shape index (κ3) is 3.88. The average Bonchev–Trinajstić information content (AvgIpc) is 3.52. The highest BCUT2D eigenvalue weighted by Gasteiger charge is 2.30. The predicted octanol–water partition coefficient (Wildman–Crippen LogP) is 4.35. The first-order chi connectivity index (χ1) is 14.9. The summed E-state index contributed by atoms with van der Waals surface area (Å²) in [5.74, 6) is 1.93. The number of anilines is 1. The van der Waals surface area contributed by atoms with Crippen LogP contribution in [0.4, 0.5) is 5.69 Å². The topological polar surface area (TPSA) is 66.7 Å². The standard InChI is InChI=1S/C24H27N3O3S/c1-17-4-3-5-22(18(17)2)26-12-14-27(15-13-26)31(28,29)21-10-8-19(9-11-21)23-16-25-24(30-23)20-6-7-20/h3-5,8-11,16,20H,6-7,12-15H2,1-2H3. The molecule has 0 atom stereocenters. The second-order valence-electron chi connectivity index (χ2n) is 8.47. The lowest BCUT2D eigenvalue weighted by Gasteiger charge is -2.36. The maximum atomic E-state index is 13.2. The van der Waals surface area contributed by atoms with E-state index >= 15 is 0 Å². The summed E-state index contributed by atoms with van der Waals surface area (Å²) in [7, 11) is -3.52. The molecule has 1 aliphatic carbocycles. The minimum atomic E-state index is -3.52. The molecule has 0 unspecified atom stereocenters. The van der Waals surface area contributed by atoms with Crippen LogP contribution < -0.4 is 4.90 Å². The number of sulfonamides is 1. The number of rotatable bonds is 5. The van der Waals surface area contributed by atoms with Crippen LogP contribution in [-0.2, 0) is 10.0 Å². The molecule has 1 saturated carbocycles. The summed E-state index contributed by atoms with van der Waals surface area (Å²) < 4.78 is 33.8. The van der Waals surface area contributed by atoms with Crippen molar-refractivity contribution < 1.29 is 12.8 Å². The zero-order valence-electron chi connectivity index (χ0n) is 17.9. The smallest absolute Gasteiger partial charge is 0.243 e. The molecule has 2 fully saturated rings. The number of hydrogen-bond acceptors (Lipinski definition) is 5. The lowest BCUT2D eigenvalue weighted by molar-refractivity contribution is 0.384. The summed E-state index contributed by atoms with van der Waals surface area (Å²) in [6.07, 6.45) is 3.99. The molecule has 2 aliphatic rings. The van der Waals surface area contributed by atoms with Gasteiger partial charge in [-0.15, -0.1) is 0 Å². The fourth-order valence-electron chi connectivity index (χ4n) is 4.13. The summed E-state index contributed by atoms with van der Waals surface area (Å²) >= 11 is 0. The van der Waals surface area contributed by atoms with Gasteiger partial charge in [-0.25, -0.2) is 13.4 Å². The van der Waals surface area contributed by atoms with Gasteiger partial charge >= 0.3 is 0 Å². The van der Waals surface area contributed by atoms with E-state index in [1.165, 1.54) is 16.8 Å². The summed E-state index contributed by atoms with van der Waals surface area (Å²) in [4.78, 5) is 6.94. The molecule has 2 aromatic carbocycles. The van der Waals surface area contributed by atoms with Gasteiger partial charge in [0.15, 0.2) is 11.7 Å². The van der Waals surface area contributed by atoms with Gasteiger partial charge in [0.1, 0.15) is 0 Å². The molecular formula is C24H27N3O3S. The van der Waals surface area contributed by atoms with E-state index in [0.29, 0.717) is 42.8 Å². The molecule has 5 rings (SSSR count). The summed E-state index contributed by atoms with van der Waals surface area (Å²) in [6.45, 7) is 6.55. The highest BCUT2D eigenvalue weighted by molar-refractivity contribution is 7.89. The summed E-state index contributed by atoms with van der Waals surface area (Å²) in [5.41, 5.74) is 4.55. The number of benzene rings is 2. The molecule has 1 aromatic heterocycles. The highest BCUT2D eigenvalue weighted by atomic mass is 32.2. The second kappa shape index (κ2) is 7.80. The van der Waals surface area contributed by atoms with E-state index in [9.17, 15) is 8.42 Å². The van der Waals surface area contributed by atoms with Crippen molar-refractivity contribution in [1.29, 1.82) is 0 Å².